The van der Waals surface area contributed by atoms with E-state index in [0.717, 1.165) is 66.7 Å². The lowest BCUT2D eigenvalue weighted by Crippen LogP contribution is -1.97. The fourth-order valence-corrected chi connectivity index (χ4v) is 8.44. The predicted molar refractivity (Wildman–Crippen MR) is 216 cm³/mol. The van der Waals surface area contributed by atoms with Crippen LogP contribution in [-0.4, -0.2) is 14.5 Å². The number of fused-ring (bicyclic) bond motifs is 6. The van der Waals surface area contributed by atoms with Crippen molar-refractivity contribution in [1.29, 1.82) is 5.26 Å². The number of thiophene rings is 1. The molecule has 3 heterocycles. The Morgan fingerprint density at radius 1 is 0.442 bits per heavy atom. The number of para-hydroxylation sites is 1. The van der Waals surface area contributed by atoms with Gasteiger partial charge in [-0.15, -0.1) is 11.3 Å². The van der Waals surface area contributed by atoms with E-state index in [-0.39, 0.29) is 0 Å². The molecule has 3 aromatic heterocycles. The van der Waals surface area contributed by atoms with E-state index in [9.17, 15) is 5.26 Å². The summed E-state index contributed by atoms with van der Waals surface area (Å²) in [6.45, 7) is 0. The van der Waals surface area contributed by atoms with E-state index in [0.29, 0.717) is 11.4 Å². The number of aromatic nitrogens is 3. The molecule has 0 amide bonds. The van der Waals surface area contributed by atoms with Gasteiger partial charge < -0.3 is 4.57 Å². The zero-order valence-corrected chi connectivity index (χ0v) is 28.7. The zero-order valence-electron chi connectivity index (χ0n) is 27.9. The van der Waals surface area contributed by atoms with Gasteiger partial charge in [0.25, 0.3) is 0 Å². The molecule has 0 saturated carbocycles. The number of rotatable bonds is 5. The number of benzene rings is 7. The summed E-state index contributed by atoms with van der Waals surface area (Å²) < 4.78 is 4.81. The van der Waals surface area contributed by atoms with E-state index in [2.05, 4.69) is 132 Å². The second-order valence-corrected chi connectivity index (χ2v) is 14.1. The summed E-state index contributed by atoms with van der Waals surface area (Å²) in [5.74, 6) is 0.670. The number of nitriles is 1. The fourth-order valence-electron chi connectivity index (χ4n) is 7.36. The molecule has 0 saturated heterocycles. The quantitative estimate of drug-likeness (QED) is 0.182. The smallest absolute Gasteiger partial charge is 0.160 e. The average Bonchev–Trinajstić information content (AvgIpc) is 3.76. The van der Waals surface area contributed by atoms with Crippen molar-refractivity contribution >= 4 is 53.3 Å². The van der Waals surface area contributed by atoms with Crippen LogP contribution in [-0.2, 0) is 0 Å². The Bertz CT molecular complexity index is 2970. The molecule has 52 heavy (non-hydrogen) atoms. The summed E-state index contributed by atoms with van der Waals surface area (Å²) in [5.41, 5.74) is 10.5. The van der Waals surface area contributed by atoms with Crippen molar-refractivity contribution in [3.05, 3.63) is 175 Å². The molecule has 0 aliphatic rings. The second-order valence-electron chi connectivity index (χ2n) is 13.0. The van der Waals surface area contributed by atoms with Crippen molar-refractivity contribution in [2.45, 2.75) is 0 Å². The molecule has 5 heteroatoms. The van der Waals surface area contributed by atoms with Gasteiger partial charge in [0.15, 0.2) is 5.82 Å². The first-order valence-electron chi connectivity index (χ1n) is 17.2. The van der Waals surface area contributed by atoms with Gasteiger partial charge in [-0.25, -0.2) is 9.97 Å². The monoisotopic (exact) mass is 680 g/mol. The summed E-state index contributed by atoms with van der Waals surface area (Å²) in [4.78, 5) is 10.2. The standard InChI is InChI=1S/C47H28N4S/c48-29-30-23-35(33-20-22-46-40(26-33)38-16-8-10-18-45(38)52-46)25-36(24-30)51-43-17-9-7-15-37(43)39-27-34(19-21-44(39)51)47-49-41(31-11-3-1-4-12-31)28-42(50-47)32-13-5-2-6-14-32/h1-28H. The highest BCUT2D eigenvalue weighted by Crippen LogP contribution is 2.39. The van der Waals surface area contributed by atoms with Gasteiger partial charge in [-0.1, -0.05) is 103 Å². The van der Waals surface area contributed by atoms with Gasteiger partial charge in [0.1, 0.15) is 0 Å². The largest absolute Gasteiger partial charge is 0.309 e. The Morgan fingerprint density at radius 2 is 1.06 bits per heavy atom. The minimum atomic E-state index is 0.616. The molecule has 0 radical (unpaired) electrons. The van der Waals surface area contributed by atoms with Crippen molar-refractivity contribution in [2.24, 2.45) is 0 Å². The SMILES string of the molecule is N#Cc1cc(-c2ccc3sc4ccccc4c3c2)cc(-n2c3ccccc3c3cc(-c4nc(-c5ccccc5)cc(-c5ccccc5)n4)ccc32)c1. The average molecular weight is 681 g/mol. The molecule has 242 valence electrons. The summed E-state index contributed by atoms with van der Waals surface area (Å²) in [6, 6.07) is 61.3. The van der Waals surface area contributed by atoms with Crippen LogP contribution in [0.4, 0.5) is 0 Å². The number of hydrogen-bond acceptors (Lipinski definition) is 4. The highest BCUT2D eigenvalue weighted by Gasteiger charge is 2.17. The lowest BCUT2D eigenvalue weighted by molar-refractivity contribution is 1.17. The molecular weight excluding hydrogens is 653 g/mol. The van der Waals surface area contributed by atoms with Crippen LogP contribution in [0.5, 0.6) is 0 Å². The Kier molecular flexibility index (Phi) is 7.02. The first-order valence-corrected chi connectivity index (χ1v) is 18.0. The van der Waals surface area contributed by atoms with Crippen LogP contribution < -0.4 is 0 Å². The molecule has 0 spiro atoms. The minimum Gasteiger partial charge on any atom is -0.309 e. The minimum absolute atomic E-state index is 0.616. The lowest BCUT2D eigenvalue weighted by atomic mass is 10.00. The Labute approximate surface area is 304 Å². The third kappa shape index (κ3) is 5.05. The van der Waals surface area contributed by atoms with Crippen LogP contribution >= 0.6 is 11.3 Å². The fraction of sp³-hybridized carbons (Fsp3) is 0. The van der Waals surface area contributed by atoms with E-state index in [1.54, 1.807) is 0 Å². The number of nitrogens with zero attached hydrogens (tertiary/aromatic N) is 4. The maximum Gasteiger partial charge on any atom is 0.160 e. The third-order valence-electron chi connectivity index (χ3n) is 9.81. The van der Waals surface area contributed by atoms with Gasteiger partial charge in [0.05, 0.1) is 34.1 Å². The van der Waals surface area contributed by atoms with Gasteiger partial charge in [0, 0.05) is 53.3 Å². The van der Waals surface area contributed by atoms with E-state index >= 15 is 0 Å². The summed E-state index contributed by atoms with van der Waals surface area (Å²) in [7, 11) is 0. The van der Waals surface area contributed by atoms with E-state index < -0.39 is 0 Å². The maximum absolute atomic E-state index is 10.2. The molecule has 7 aromatic carbocycles. The van der Waals surface area contributed by atoms with Crippen LogP contribution in [0.1, 0.15) is 5.56 Å². The molecule has 0 bridgehead atoms. The molecule has 10 aromatic rings. The molecule has 4 nitrogen and oxygen atoms in total. The predicted octanol–water partition coefficient (Wildman–Crippen LogP) is 12.5. The van der Waals surface area contributed by atoms with Gasteiger partial charge in [-0.2, -0.15) is 5.26 Å². The summed E-state index contributed by atoms with van der Waals surface area (Å²) in [6.07, 6.45) is 0. The number of hydrogen-bond donors (Lipinski definition) is 0. The lowest BCUT2D eigenvalue weighted by Gasteiger charge is -2.12. The molecule has 0 fully saturated rings. The van der Waals surface area contributed by atoms with Crippen LogP contribution in [0.15, 0.2) is 170 Å². The molecule has 0 aliphatic carbocycles. The Hall–Kier alpha value is -6.87. The topological polar surface area (TPSA) is 54.5 Å². The van der Waals surface area contributed by atoms with Crippen LogP contribution in [0.3, 0.4) is 0 Å². The maximum atomic E-state index is 10.2. The van der Waals surface area contributed by atoms with Gasteiger partial charge >= 0.3 is 0 Å². The van der Waals surface area contributed by atoms with Crippen molar-refractivity contribution in [2.75, 3.05) is 0 Å². The Morgan fingerprint density at radius 3 is 1.81 bits per heavy atom. The van der Waals surface area contributed by atoms with E-state index in [1.807, 2.05) is 59.9 Å². The van der Waals surface area contributed by atoms with E-state index in [4.69, 9.17) is 9.97 Å². The summed E-state index contributed by atoms with van der Waals surface area (Å²) >= 11 is 1.81. The van der Waals surface area contributed by atoms with E-state index in [1.165, 1.54) is 20.2 Å². The van der Waals surface area contributed by atoms with Gasteiger partial charge in [-0.3, -0.25) is 0 Å². The Balaban J connectivity index is 1.15. The van der Waals surface area contributed by atoms with Crippen molar-refractivity contribution < 1.29 is 0 Å². The third-order valence-corrected chi connectivity index (χ3v) is 11.0. The first-order chi connectivity index (χ1) is 25.7. The first kappa shape index (κ1) is 30.0. The molecule has 0 unspecified atom stereocenters. The molecule has 0 atom stereocenters. The van der Waals surface area contributed by atoms with Crippen LogP contribution in [0.2, 0.25) is 0 Å². The molecule has 10 rings (SSSR count). The second kappa shape index (κ2) is 12.2. The molecular formula is C47H28N4S. The highest BCUT2D eigenvalue weighted by molar-refractivity contribution is 7.25. The normalized spacial score (nSPS) is 11.4. The van der Waals surface area contributed by atoms with Gasteiger partial charge in [0.2, 0.25) is 0 Å². The van der Waals surface area contributed by atoms with Crippen molar-refractivity contribution in [1.82, 2.24) is 14.5 Å². The van der Waals surface area contributed by atoms with Crippen LogP contribution in [0.25, 0.3) is 92.7 Å². The highest BCUT2D eigenvalue weighted by atomic mass is 32.1. The molecule has 0 aliphatic heterocycles. The van der Waals surface area contributed by atoms with Crippen LogP contribution in [0, 0.1) is 11.3 Å². The van der Waals surface area contributed by atoms with Crippen molar-refractivity contribution in [3.63, 3.8) is 0 Å². The summed E-state index contributed by atoms with van der Waals surface area (Å²) in [5, 5.41) is 14.9. The zero-order chi connectivity index (χ0) is 34.6. The molecule has 0 N–H and O–H groups in total. The van der Waals surface area contributed by atoms with Crippen molar-refractivity contribution in [3.8, 4) is 56.8 Å². The van der Waals surface area contributed by atoms with Gasteiger partial charge in [-0.05, 0) is 77.9 Å².